The van der Waals surface area contributed by atoms with Gasteiger partial charge in [-0.25, -0.2) is 0 Å². The molecule has 1 heterocycles. The minimum absolute atomic E-state index is 0.0470. The summed E-state index contributed by atoms with van der Waals surface area (Å²) in [6.07, 6.45) is 0. The molecule has 1 rings (SSSR count). The predicted molar refractivity (Wildman–Crippen MR) is 65.4 cm³/mol. The Hall–Kier alpha value is -1.99. The van der Waals surface area contributed by atoms with Crippen molar-refractivity contribution in [2.75, 3.05) is 0 Å². The third-order valence-corrected chi connectivity index (χ3v) is 3.06. The Bertz CT molecular complexity index is 440. The number of hydrogen-bond donors (Lipinski definition) is 2. The van der Waals surface area contributed by atoms with E-state index in [1.807, 2.05) is 12.1 Å². The van der Waals surface area contributed by atoms with E-state index in [4.69, 9.17) is 22.7 Å². The Kier molecular flexibility index (Phi) is 4.35. The van der Waals surface area contributed by atoms with E-state index in [0.29, 0.717) is 0 Å². The maximum atomic E-state index is 11.8. The molecule has 1 atom stereocenters. The minimum Gasteiger partial charge on any atom is -0.302 e. The number of rotatable bonds is 3. The largest absolute Gasteiger partial charge is 0.302 e. The van der Waals surface area contributed by atoms with E-state index in [-0.39, 0.29) is 11.0 Å². The van der Waals surface area contributed by atoms with E-state index in [1.54, 1.807) is 13.8 Å². The maximum absolute atomic E-state index is 11.8. The quantitative estimate of drug-likeness (QED) is 0.554. The van der Waals surface area contributed by atoms with E-state index >= 15 is 0 Å². The van der Waals surface area contributed by atoms with Crippen LogP contribution < -0.4 is 10.6 Å². The number of amides is 2. The number of hydrogen-bond acceptors (Lipinski definition) is 5. The normalized spacial score (nSPS) is 18.0. The lowest BCUT2D eigenvalue weighted by atomic mass is 9.74. The lowest BCUT2D eigenvalue weighted by Gasteiger charge is -2.31. The maximum Gasteiger partial charge on any atom is 0.239 e. The van der Waals surface area contributed by atoms with Gasteiger partial charge in [0, 0.05) is 5.92 Å². The number of nitriles is 2. The van der Waals surface area contributed by atoms with Gasteiger partial charge >= 0.3 is 0 Å². The molecule has 6 nitrogen and oxygen atoms in total. The van der Waals surface area contributed by atoms with Crippen LogP contribution in [0.5, 0.6) is 0 Å². The molecule has 2 N–H and O–H groups in total. The van der Waals surface area contributed by atoms with Crippen LogP contribution in [0.4, 0.5) is 0 Å². The zero-order valence-corrected chi connectivity index (χ0v) is 10.7. The van der Waals surface area contributed by atoms with E-state index in [1.165, 1.54) is 0 Å². The summed E-state index contributed by atoms with van der Waals surface area (Å²) in [6.45, 7) is 3.53. The Morgan fingerprint density at radius 2 is 1.61 bits per heavy atom. The van der Waals surface area contributed by atoms with Crippen LogP contribution in [0.2, 0.25) is 0 Å². The van der Waals surface area contributed by atoms with Gasteiger partial charge in [-0.05, 0) is 18.1 Å². The summed E-state index contributed by atoms with van der Waals surface area (Å²) in [5.74, 6) is -4.03. The summed E-state index contributed by atoms with van der Waals surface area (Å²) in [5, 5.41) is 22.5. The second kappa shape index (κ2) is 5.56. The molecule has 0 unspecified atom stereocenters. The van der Waals surface area contributed by atoms with Crippen LogP contribution in [0.1, 0.15) is 13.8 Å². The molecule has 1 saturated heterocycles. The van der Waals surface area contributed by atoms with Crippen LogP contribution in [0.15, 0.2) is 0 Å². The minimum atomic E-state index is -1.07. The van der Waals surface area contributed by atoms with Crippen molar-refractivity contribution in [2.24, 2.45) is 23.7 Å². The number of carbonyl (C=O) groups excluding carboxylic acids is 2. The van der Waals surface area contributed by atoms with Gasteiger partial charge < -0.3 is 10.6 Å². The Morgan fingerprint density at radius 1 is 1.17 bits per heavy atom. The lowest BCUT2D eigenvalue weighted by Crippen LogP contribution is -2.58. The summed E-state index contributed by atoms with van der Waals surface area (Å²) >= 11 is 4.69. The van der Waals surface area contributed by atoms with Gasteiger partial charge in [-0.1, -0.05) is 13.8 Å². The number of thiocarbonyl (C=S) groups is 1. The van der Waals surface area contributed by atoms with Crippen molar-refractivity contribution in [3.05, 3.63) is 0 Å². The molecule has 0 spiro atoms. The summed E-state index contributed by atoms with van der Waals surface area (Å²) < 4.78 is 0. The van der Waals surface area contributed by atoms with Gasteiger partial charge in [-0.3, -0.25) is 9.59 Å². The lowest BCUT2D eigenvalue weighted by molar-refractivity contribution is -0.138. The Labute approximate surface area is 110 Å². The van der Waals surface area contributed by atoms with E-state index < -0.39 is 29.6 Å². The summed E-state index contributed by atoms with van der Waals surface area (Å²) in [4.78, 5) is 23.6. The SMILES string of the molecule is CC(C)[C@H](C(C#N)C#N)C1C(=O)NC(=S)NC1=O. The number of nitrogens with zero attached hydrogens (tertiary/aromatic N) is 2. The van der Waals surface area contributed by atoms with Gasteiger partial charge in [0.05, 0.1) is 12.1 Å². The molecule has 0 aromatic carbocycles. The second-order valence-corrected chi connectivity index (χ2v) is 4.75. The molecular weight excluding hydrogens is 252 g/mol. The van der Waals surface area contributed by atoms with Gasteiger partial charge in [-0.15, -0.1) is 0 Å². The summed E-state index contributed by atoms with van der Waals surface area (Å²) in [5.41, 5.74) is 0. The molecule has 1 fully saturated rings. The van der Waals surface area contributed by atoms with Crippen molar-refractivity contribution in [3.8, 4) is 12.1 Å². The first-order valence-corrected chi connectivity index (χ1v) is 5.78. The zero-order valence-electron chi connectivity index (χ0n) is 9.93. The predicted octanol–water partition coefficient (Wildman–Crippen LogP) is 0.0691. The summed E-state index contributed by atoms with van der Waals surface area (Å²) in [6, 6.07) is 3.66. The van der Waals surface area contributed by atoms with Crippen LogP contribution in [0.25, 0.3) is 0 Å². The van der Waals surface area contributed by atoms with Gasteiger partial charge in [0.25, 0.3) is 0 Å². The fourth-order valence-corrected chi connectivity index (χ4v) is 2.24. The monoisotopic (exact) mass is 264 g/mol. The molecule has 18 heavy (non-hydrogen) atoms. The first-order chi connectivity index (χ1) is 8.42. The summed E-state index contributed by atoms with van der Waals surface area (Å²) in [7, 11) is 0. The highest BCUT2D eigenvalue weighted by atomic mass is 32.1. The van der Waals surface area contributed by atoms with Crippen molar-refractivity contribution in [2.45, 2.75) is 13.8 Å². The van der Waals surface area contributed by atoms with Crippen molar-refractivity contribution >= 4 is 29.1 Å². The van der Waals surface area contributed by atoms with E-state index in [0.717, 1.165) is 0 Å². The van der Waals surface area contributed by atoms with E-state index in [2.05, 4.69) is 10.6 Å². The molecular formula is C11H12N4O2S. The van der Waals surface area contributed by atoms with Crippen LogP contribution in [-0.2, 0) is 9.59 Å². The third kappa shape index (κ3) is 2.63. The van der Waals surface area contributed by atoms with Crippen LogP contribution in [0, 0.1) is 46.3 Å². The Morgan fingerprint density at radius 3 is 1.94 bits per heavy atom. The molecule has 7 heteroatoms. The van der Waals surface area contributed by atoms with Crippen LogP contribution in [0.3, 0.4) is 0 Å². The first-order valence-electron chi connectivity index (χ1n) is 5.37. The smallest absolute Gasteiger partial charge is 0.239 e. The molecule has 1 aliphatic rings. The van der Waals surface area contributed by atoms with Crippen LogP contribution >= 0.6 is 12.2 Å². The molecule has 1 aliphatic heterocycles. The highest BCUT2D eigenvalue weighted by Gasteiger charge is 2.44. The molecule has 0 saturated carbocycles. The molecule has 0 bridgehead atoms. The molecule has 0 aliphatic carbocycles. The van der Waals surface area contributed by atoms with Gasteiger partial charge in [0.15, 0.2) is 5.11 Å². The van der Waals surface area contributed by atoms with Gasteiger partial charge in [0.2, 0.25) is 11.8 Å². The molecule has 94 valence electrons. The molecule has 2 amide bonds. The van der Waals surface area contributed by atoms with Crippen LogP contribution in [-0.4, -0.2) is 16.9 Å². The van der Waals surface area contributed by atoms with Crippen molar-refractivity contribution in [3.63, 3.8) is 0 Å². The molecule has 0 aromatic rings. The highest BCUT2D eigenvalue weighted by Crippen LogP contribution is 2.30. The molecule has 0 radical (unpaired) electrons. The topological polar surface area (TPSA) is 106 Å². The highest BCUT2D eigenvalue weighted by molar-refractivity contribution is 7.80. The second-order valence-electron chi connectivity index (χ2n) is 4.34. The number of carbonyl (C=O) groups is 2. The van der Waals surface area contributed by atoms with Crippen molar-refractivity contribution < 1.29 is 9.59 Å². The zero-order chi connectivity index (χ0) is 13.9. The van der Waals surface area contributed by atoms with Crippen molar-refractivity contribution in [1.29, 1.82) is 10.5 Å². The van der Waals surface area contributed by atoms with Gasteiger partial charge in [0.1, 0.15) is 11.8 Å². The van der Waals surface area contributed by atoms with E-state index in [9.17, 15) is 9.59 Å². The fourth-order valence-electron chi connectivity index (χ4n) is 2.04. The Balaban J connectivity index is 3.11. The molecule has 0 aromatic heterocycles. The fraction of sp³-hybridized carbons (Fsp3) is 0.545. The van der Waals surface area contributed by atoms with Gasteiger partial charge in [-0.2, -0.15) is 10.5 Å². The van der Waals surface area contributed by atoms with Crippen molar-refractivity contribution in [1.82, 2.24) is 10.6 Å². The average molecular weight is 264 g/mol. The third-order valence-electron chi connectivity index (χ3n) is 2.86. The standard InChI is InChI=1S/C11H12N4O2S/c1-5(2)7(6(3-12)4-13)8-9(16)14-11(18)15-10(8)17/h5-8H,1-2H3,(H2,14,15,16,17,18)/t7-/m1/s1. The average Bonchev–Trinajstić information content (AvgIpc) is 2.26. The number of nitrogens with one attached hydrogen (secondary N) is 2. The first kappa shape index (κ1) is 14.1.